The van der Waals surface area contributed by atoms with Gasteiger partial charge in [-0.15, -0.1) is 0 Å². The Kier molecular flexibility index (Phi) is 5.40. The van der Waals surface area contributed by atoms with Gasteiger partial charge < -0.3 is 4.74 Å². The van der Waals surface area contributed by atoms with Crippen LogP contribution in [0.15, 0.2) is 18.2 Å². The normalized spacial score (nSPS) is 15.0. The predicted octanol–water partition coefficient (Wildman–Crippen LogP) is 2.82. The number of nitrogens with one attached hydrogen (secondary N) is 1. The summed E-state index contributed by atoms with van der Waals surface area (Å²) in [7, 11) is 1.70. The molecule has 3 nitrogen and oxygen atoms in total. The summed E-state index contributed by atoms with van der Waals surface area (Å²) in [5, 5.41) is 0.751. The number of hydrogen-bond donors (Lipinski definition) is 2. The lowest BCUT2D eigenvalue weighted by molar-refractivity contribution is 0.0326. The van der Waals surface area contributed by atoms with Gasteiger partial charge in [-0.05, 0) is 30.0 Å². The van der Waals surface area contributed by atoms with Crippen LogP contribution in [0.3, 0.4) is 0 Å². The number of aryl methyl sites for hydroxylation is 1. The molecule has 1 rings (SSSR count). The fraction of sp³-hybridized carbons (Fsp3) is 0.538. The Bertz CT molecular complexity index is 368. The van der Waals surface area contributed by atoms with Gasteiger partial charge in [-0.3, -0.25) is 11.3 Å². The Morgan fingerprint density at radius 3 is 2.41 bits per heavy atom. The molecule has 0 aliphatic carbocycles. The Balaban J connectivity index is 3.03. The zero-order chi connectivity index (χ0) is 13.0. The summed E-state index contributed by atoms with van der Waals surface area (Å²) in [6.45, 7) is 6.19. The van der Waals surface area contributed by atoms with Crippen LogP contribution in [0.5, 0.6) is 0 Å². The van der Waals surface area contributed by atoms with E-state index in [1.807, 2.05) is 25.1 Å². The maximum Gasteiger partial charge on any atom is 0.0801 e. The molecule has 3 N–H and O–H groups in total. The van der Waals surface area contributed by atoms with Gasteiger partial charge in [0.1, 0.15) is 0 Å². The maximum absolute atomic E-state index is 6.13. The van der Waals surface area contributed by atoms with Gasteiger partial charge in [0.05, 0.1) is 12.1 Å². The summed E-state index contributed by atoms with van der Waals surface area (Å²) in [6.07, 6.45) is 0.0128. The highest BCUT2D eigenvalue weighted by molar-refractivity contribution is 6.31. The van der Waals surface area contributed by atoms with Crippen molar-refractivity contribution in [2.75, 3.05) is 7.11 Å². The van der Waals surface area contributed by atoms with Crippen molar-refractivity contribution < 1.29 is 4.74 Å². The molecule has 2 unspecified atom stereocenters. The molecule has 0 aliphatic heterocycles. The average molecular weight is 257 g/mol. The molecule has 1 aromatic rings. The van der Waals surface area contributed by atoms with Crippen LogP contribution in [-0.4, -0.2) is 13.2 Å². The van der Waals surface area contributed by atoms with Gasteiger partial charge >= 0.3 is 0 Å². The molecule has 0 aromatic heterocycles. The van der Waals surface area contributed by atoms with Gasteiger partial charge in [0.15, 0.2) is 0 Å². The Hall–Kier alpha value is -0.610. The van der Waals surface area contributed by atoms with Crippen molar-refractivity contribution >= 4 is 11.6 Å². The third kappa shape index (κ3) is 3.42. The molecule has 0 heterocycles. The van der Waals surface area contributed by atoms with Crippen LogP contribution in [0.2, 0.25) is 5.02 Å². The summed E-state index contributed by atoms with van der Waals surface area (Å²) in [5.74, 6) is 6.00. The third-order valence-electron chi connectivity index (χ3n) is 2.99. The molecule has 0 amide bonds. The number of ether oxygens (including phenoxy) is 1. The van der Waals surface area contributed by atoms with E-state index in [9.17, 15) is 0 Å². The smallest absolute Gasteiger partial charge is 0.0801 e. The number of benzene rings is 1. The van der Waals surface area contributed by atoms with Crippen molar-refractivity contribution in [1.82, 2.24) is 5.43 Å². The van der Waals surface area contributed by atoms with Crippen molar-refractivity contribution in [3.8, 4) is 0 Å². The summed E-state index contributed by atoms with van der Waals surface area (Å²) < 4.78 is 5.50. The second kappa shape index (κ2) is 6.36. The molecule has 17 heavy (non-hydrogen) atoms. The number of halogens is 1. The van der Waals surface area contributed by atoms with Gasteiger partial charge in [-0.1, -0.05) is 37.6 Å². The second-order valence-corrected chi connectivity index (χ2v) is 5.00. The van der Waals surface area contributed by atoms with E-state index < -0.39 is 0 Å². The SMILES string of the molecule is COC(C(C)C)C(NN)c1ccc(C)c(Cl)c1. The minimum atomic E-state index is -0.0573. The van der Waals surface area contributed by atoms with Gasteiger partial charge in [-0.25, -0.2) is 0 Å². The fourth-order valence-electron chi connectivity index (χ4n) is 1.98. The van der Waals surface area contributed by atoms with E-state index in [0.29, 0.717) is 5.92 Å². The number of nitrogens with two attached hydrogens (primary N) is 1. The molecule has 0 fully saturated rings. The average Bonchev–Trinajstić information content (AvgIpc) is 2.29. The molecule has 0 saturated heterocycles. The quantitative estimate of drug-likeness (QED) is 0.629. The first-order valence-corrected chi connectivity index (χ1v) is 6.14. The Morgan fingerprint density at radius 2 is 2.00 bits per heavy atom. The van der Waals surface area contributed by atoms with E-state index in [-0.39, 0.29) is 12.1 Å². The van der Waals surface area contributed by atoms with Crippen molar-refractivity contribution in [3.63, 3.8) is 0 Å². The second-order valence-electron chi connectivity index (χ2n) is 4.60. The number of rotatable bonds is 5. The number of hydrogen-bond acceptors (Lipinski definition) is 3. The summed E-state index contributed by atoms with van der Waals surface area (Å²) >= 11 is 6.13. The highest BCUT2D eigenvalue weighted by Gasteiger charge is 2.25. The number of hydrazine groups is 1. The summed E-state index contributed by atoms with van der Waals surface area (Å²) in [4.78, 5) is 0. The molecular weight excluding hydrogens is 236 g/mol. The zero-order valence-corrected chi connectivity index (χ0v) is 11.6. The summed E-state index contributed by atoms with van der Waals surface area (Å²) in [5.41, 5.74) is 4.92. The molecule has 0 aliphatic rings. The van der Waals surface area contributed by atoms with Gasteiger partial charge in [0, 0.05) is 12.1 Å². The molecule has 2 atom stereocenters. The van der Waals surface area contributed by atoms with E-state index >= 15 is 0 Å². The minimum Gasteiger partial charge on any atom is -0.379 e. The van der Waals surface area contributed by atoms with Crippen LogP contribution >= 0.6 is 11.6 Å². The Labute approximate surface area is 108 Å². The van der Waals surface area contributed by atoms with Crippen LogP contribution in [0, 0.1) is 12.8 Å². The predicted molar refractivity (Wildman–Crippen MR) is 71.9 cm³/mol. The zero-order valence-electron chi connectivity index (χ0n) is 10.8. The highest BCUT2D eigenvalue weighted by atomic mass is 35.5. The first-order valence-electron chi connectivity index (χ1n) is 5.76. The van der Waals surface area contributed by atoms with E-state index in [2.05, 4.69) is 19.3 Å². The standard InChI is InChI=1S/C13H21ClN2O/c1-8(2)13(17-4)12(16-15)10-6-5-9(3)11(14)7-10/h5-8,12-13,16H,15H2,1-4H3. The topological polar surface area (TPSA) is 47.3 Å². The molecular formula is C13H21ClN2O. The van der Waals surface area contributed by atoms with Crippen molar-refractivity contribution in [1.29, 1.82) is 0 Å². The highest BCUT2D eigenvalue weighted by Crippen LogP contribution is 2.27. The largest absolute Gasteiger partial charge is 0.379 e. The third-order valence-corrected chi connectivity index (χ3v) is 3.40. The van der Waals surface area contributed by atoms with Crippen LogP contribution in [-0.2, 0) is 4.74 Å². The molecule has 4 heteroatoms. The summed E-state index contributed by atoms with van der Waals surface area (Å²) in [6, 6.07) is 5.91. The van der Waals surface area contributed by atoms with Crippen molar-refractivity contribution in [3.05, 3.63) is 34.3 Å². The lowest BCUT2D eigenvalue weighted by Gasteiger charge is -2.29. The van der Waals surface area contributed by atoms with E-state index in [0.717, 1.165) is 16.1 Å². The lowest BCUT2D eigenvalue weighted by atomic mass is 9.93. The van der Waals surface area contributed by atoms with E-state index in [1.54, 1.807) is 7.11 Å². The monoisotopic (exact) mass is 256 g/mol. The molecule has 96 valence electrons. The van der Waals surface area contributed by atoms with Gasteiger partial charge in [0.25, 0.3) is 0 Å². The maximum atomic E-state index is 6.13. The fourth-order valence-corrected chi connectivity index (χ4v) is 2.17. The first kappa shape index (κ1) is 14.5. The molecule has 1 aromatic carbocycles. The number of methoxy groups -OCH3 is 1. The van der Waals surface area contributed by atoms with Crippen LogP contribution in [0.25, 0.3) is 0 Å². The van der Waals surface area contributed by atoms with Crippen molar-refractivity contribution in [2.24, 2.45) is 11.8 Å². The van der Waals surface area contributed by atoms with Crippen LogP contribution < -0.4 is 11.3 Å². The Morgan fingerprint density at radius 1 is 1.35 bits per heavy atom. The van der Waals surface area contributed by atoms with E-state index in [4.69, 9.17) is 22.2 Å². The molecule has 0 spiro atoms. The van der Waals surface area contributed by atoms with E-state index in [1.165, 1.54) is 0 Å². The lowest BCUT2D eigenvalue weighted by Crippen LogP contribution is -2.40. The first-order chi connectivity index (χ1) is 8.01. The van der Waals surface area contributed by atoms with Gasteiger partial charge in [0.2, 0.25) is 0 Å². The van der Waals surface area contributed by atoms with Crippen LogP contribution in [0.4, 0.5) is 0 Å². The van der Waals surface area contributed by atoms with Crippen LogP contribution in [0.1, 0.15) is 31.0 Å². The van der Waals surface area contributed by atoms with Crippen molar-refractivity contribution in [2.45, 2.75) is 32.9 Å². The molecule has 0 saturated carbocycles. The molecule has 0 radical (unpaired) electrons. The minimum absolute atomic E-state index is 0.0128. The molecule has 0 bridgehead atoms. The van der Waals surface area contributed by atoms with Gasteiger partial charge in [-0.2, -0.15) is 0 Å².